The third kappa shape index (κ3) is 9.31. The number of hydrogen-bond donors (Lipinski definition) is 1. The number of hydrogen-bond acceptors (Lipinski definition) is 2. The van der Waals surface area contributed by atoms with Crippen LogP contribution in [0.5, 0.6) is 0 Å². The molecule has 0 amide bonds. The van der Waals surface area contributed by atoms with E-state index in [0.717, 1.165) is 12.8 Å². The summed E-state index contributed by atoms with van der Waals surface area (Å²) in [4.78, 5) is 3.94. The smallest absolute Gasteiger partial charge is 0.0857 e. The monoisotopic (exact) mass is 186 g/mol. The van der Waals surface area contributed by atoms with Crippen LogP contribution >= 0.6 is 0 Å². The lowest BCUT2D eigenvalue weighted by Crippen LogP contribution is -1.89. The second-order valence-corrected chi connectivity index (χ2v) is 2.04. The summed E-state index contributed by atoms with van der Waals surface area (Å²) in [5, 5.41) is 7.98. The third-order valence-electron chi connectivity index (χ3n) is 1.36. The summed E-state index contributed by atoms with van der Waals surface area (Å²) in [6, 6.07) is 0. The Morgan fingerprint density at radius 3 is 2.31 bits per heavy atom. The Morgan fingerprint density at radius 2 is 1.92 bits per heavy atom. The average molecular weight is 186 g/mol. The molecule has 0 aliphatic heterocycles. The SMILES string of the molecule is CC.CC.OOCCC1=CC=CC1. The highest BCUT2D eigenvalue weighted by Gasteiger charge is 1.97. The molecular weight excluding hydrogens is 164 g/mol. The van der Waals surface area contributed by atoms with Crippen molar-refractivity contribution in [2.75, 3.05) is 6.61 Å². The van der Waals surface area contributed by atoms with Crippen molar-refractivity contribution >= 4 is 0 Å². The van der Waals surface area contributed by atoms with Crippen LogP contribution in [-0.4, -0.2) is 11.9 Å². The van der Waals surface area contributed by atoms with Gasteiger partial charge >= 0.3 is 0 Å². The van der Waals surface area contributed by atoms with Crippen LogP contribution in [0, 0.1) is 0 Å². The van der Waals surface area contributed by atoms with Crippen LogP contribution in [0.25, 0.3) is 0 Å². The lowest BCUT2D eigenvalue weighted by molar-refractivity contribution is -0.241. The summed E-state index contributed by atoms with van der Waals surface area (Å²) in [6.45, 7) is 8.41. The van der Waals surface area contributed by atoms with Gasteiger partial charge in [0, 0.05) is 0 Å². The molecule has 0 unspecified atom stereocenters. The molecule has 0 spiro atoms. The molecule has 0 saturated carbocycles. The first-order valence-corrected chi connectivity index (χ1v) is 5.04. The van der Waals surface area contributed by atoms with Crippen molar-refractivity contribution in [3.63, 3.8) is 0 Å². The lowest BCUT2D eigenvalue weighted by atomic mass is 10.2. The Bertz CT molecular complexity index is 137. The zero-order chi connectivity index (χ0) is 10.5. The topological polar surface area (TPSA) is 29.5 Å². The minimum Gasteiger partial charge on any atom is -0.252 e. The molecule has 0 aromatic heterocycles. The summed E-state index contributed by atoms with van der Waals surface area (Å²) >= 11 is 0. The Morgan fingerprint density at radius 1 is 1.31 bits per heavy atom. The molecule has 0 aromatic rings. The van der Waals surface area contributed by atoms with Crippen LogP contribution in [0.1, 0.15) is 40.5 Å². The molecule has 1 aliphatic carbocycles. The van der Waals surface area contributed by atoms with Crippen molar-refractivity contribution in [2.45, 2.75) is 40.5 Å². The van der Waals surface area contributed by atoms with E-state index in [9.17, 15) is 0 Å². The summed E-state index contributed by atoms with van der Waals surface area (Å²) in [6.07, 6.45) is 8.02. The van der Waals surface area contributed by atoms with E-state index in [1.165, 1.54) is 5.57 Å². The van der Waals surface area contributed by atoms with Crippen molar-refractivity contribution in [1.82, 2.24) is 0 Å². The molecule has 0 radical (unpaired) electrons. The van der Waals surface area contributed by atoms with E-state index in [0.29, 0.717) is 6.61 Å². The first-order valence-electron chi connectivity index (χ1n) is 5.04. The minimum atomic E-state index is 0.410. The molecule has 1 N–H and O–H groups in total. The summed E-state index contributed by atoms with van der Waals surface area (Å²) in [5.41, 5.74) is 1.32. The van der Waals surface area contributed by atoms with E-state index in [1.54, 1.807) is 0 Å². The van der Waals surface area contributed by atoms with Gasteiger partial charge in [0.1, 0.15) is 0 Å². The normalized spacial score (nSPS) is 12.2. The average Bonchev–Trinajstić information content (AvgIpc) is 2.73. The fourth-order valence-corrected chi connectivity index (χ4v) is 0.854. The molecule has 0 atom stereocenters. The first kappa shape index (κ1) is 14.9. The Balaban J connectivity index is 0. The Labute approximate surface area is 81.9 Å². The Hall–Kier alpha value is -0.600. The maximum Gasteiger partial charge on any atom is 0.0857 e. The first-order chi connectivity index (χ1) is 6.43. The molecular formula is C11H22O2. The van der Waals surface area contributed by atoms with Gasteiger partial charge in [-0.25, -0.2) is 4.89 Å². The van der Waals surface area contributed by atoms with E-state index in [1.807, 2.05) is 33.8 Å². The van der Waals surface area contributed by atoms with E-state index >= 15 is 0 Å². The van der Waals surface area contributed by atoms with Crippen molar-refractivity contribution in [2.24, 2.45) is 0 Å². The van der Waals surface area contributed by atoms with E-state index < -0.39 is 0 Å². The highest BCUT2D eigenvalue weighted by molar-refractivity contribution is 5.22. The molecule has 0 saturated heterocycles. The van der Waals surface area contributed by atoms with Gasteiger partial charge in [-0.05, 0) is 12.8 Å². The maximum absolute atomic E-state index is 7.98. The summed E-state index contributed by atoms with van der Waals surface area (Å²) in [7, 11) is 0. The van der Waals surface area contributed by atoms with E-state index in [-0.39, 0.29) is 0 Å². The molecule has 78 valence electrons. The molecule has 13 heavy (non-hydrogen) atoms. The molecule has 0 fully saturated rings. The van der Waals surface area contributed by atoms with Crippen molar-refractivity contribution < 1.29 is 10.1 Å². The van der Waals surface area contributed by atoms with Gasteiger partial charge < -0.3 is 0 Å². The van der Waals surface area contributed by atoms with Gasteiger partial charge in [0.15, 0.2) is 0 Å². The maximum atomic E-state index is 7.98. The predicted molar refractivity (Wildman–Crippen MR) is 57.7 cm³/mol. The summed E-state index contributed by atoms with van der Waals surface area (Å²) < 4.78 is 0. The van der Waals surface area contributed by atoms with E-state index in [4.69, 9.17) is 5.26 Å². The van der Waals surface area contributed by atoms with Crippen molar-refractivity contribution in [3.8, 4) is 0 Å². The fourth-order valence-electron chi connectivity index (χ4n) is 0.854. The standard InChI is InChI=1S/C7H10O2.2C2H6/c8-9-6-5-7-3-1-2-4-7;2*1-2/h1-3,8H,4-6H2;2*1-2H3. The van der Waals surface area contributed by atoms with Crippen molar-refractivity contribution in [1.29, 1.82) is 0 Å². The molecule has 1 rings (SSSR count). The fraction of sp³-hybridized carbons (Fsp3) is 0.636. The van der Waals surface area contributed by atoms with E-state index in [2.05, 4.69) is 17.0 Å². The minimum absolute atomic E-state index is 0.410. The largest absolute Gasteiger partial charge is 0.252 e. The molecule has 0 bridgehead atoms. The van der Waals surface area contributed by atoms with Crippen LogP contribution in [0.15, 0.2) is 23.8 Å². The van der Waals surface area contributed by atoms with Crippen LogP contribution in [0.2, 0.25) is 0 Å². The highest BCUT2D eigenvalue weighted by Crippen LogP contribution is 2.13. The van der Waals surface area contributed by atoms with Crippen LogP contribution in [0.3, 0.4) is 0 Å². The third-order valence-corrected chi connectivity index (χ3v) is 1.36. The van der Waals surface area contributed by atoms with Crippen molar-refractivity contribution in [3.05, 3.63) is 23.8 Å². The summed E-state index contributed by atoms with van der Waals surface area (Å²) in [5.74, 6) is 0. The number of allylic oxidation sites excluding steroid dienone is 3. The van der Waals surface area contributed by atoms with Gasteiger partial charge in [0.05, 0.1) is 6.61 Å². The quantitative estimate of drug-likeness (QED) is 0.536. The molecule has 2 heteroatoms. The Kier molecular flexibility index (Phi) is 16.0. The molecule has 2 nitrogen and oxygen atoms in total. The van der Waals surface area contributed by atoms with Gasteiger partial charge in [-0.1, -0.05) is 51.5 Å². The van der Waals surface area contributed by atoms with Gasteiger partial charge in [0.2, 0.25) is 0 Å². The van der Waals surface area contributed by atoms with Crippen LogP contribution < -0.4 is 0 Å². The molecule has 1 aliphatic rings. The zero-order valence-corrected chi connectivity index (χ0v) is 9.21. The second kappa shape index (κ2) is 14.0. The number of rotatable bonds is 3. The van der Waals surface area contributed by atoms with Gasteiger partial charge in [-0.15, -0.1) is 0 Å². The van der Waals surface area contributed by atoms with Gasteiger partial charge in [0.25, 0.3) is 0 Å². The molecule has 0 aromatic carbocycles. The van der Waals surface area contributed by atoms with Gasteiger partial charge in [-0.3, -0.25) is 5.26 Å². The predicted octanol–water partition coefficient (Wildman–Crippen LogP) is 3.80. The van der Waals surface area contributed by atoms with Gasteiger partial charge in [-0.2, -0.15) is 0 Å². The second-order valence-electron chi connectivity index (χ2n) is 2.04. The lowest BCUT2D eigenvalue weighted by Gasteiger charge is -1.96. The van der Waals surface area contributed by atoms with Crippen LogP contribution in [0.4, 0.5) is 0 Å². The molecule has 0 heterocycles. The highest BCUT2D eigenvalue weighted by atomic mass is 17.1. The zero-order valence-electron chi connectivity index (χ0n) is 9.21. The van der Waals surface area contributed by atoms with Crippen LogP contribution in [-0.2, 0) is 4.89 Å².